The number of hydrogen-bond donors (Lipinski definition) is 3. The molecular weight excluding hydrogens is 574 g/mol. The van der Waals surface area contributed by atoms with Crippen LogP contribution in [0.5, 0.6) is 0 Å². The first-order chi connectivity index (χ1) is 23.3. The van der Waals surface area contributed by atoms with Crippen molar-refractivity contribution in [2.45, 2.75) is 204 Å². The summed E-state index contributed by atoms with van der Waals surface area (Å²) in [6.07, 6.45) is 42.4. The molecule has 0 aromatic heterocycles. The van der Waals surface area contributed by atoms with Crippen LogP contribution in [0.2, 0.25) is 0 Å². The van der Waals surface area contributed by atoms with Gasteiger partial charge in [-0.3, -0.25) is 16.0 Å². The van der Waals surface area contributed by atoms with Crippen molar-refractivity contribution in [3.05, 3.63) is 0 Å². The summed E-state index contributed by atoms with van der Waals surface area (Å²) < 4.78 is 7.36. The second-order valence-electron chi connectivity index (χ2n) is 19.4. The van der Waals surface area contributed by atoms with Gasteiger partial charge in [0, 0.05) is 0 Å². The van der Waals surface area contributed by atoms with Crippen LogP contribution in [-0.4, -0.2) is 30.7 Å². The number of nitrogens with one attached hydrogen (secondary N) is 3. The van der Waals surface area contributed by atoms with Crippen LogP contribution < -0.4 is 16.0 Å². The molecule has 47 heavy (non-hydrogen) atoms. The molecule has 9 fully saturated rings. The highest BCUT2D eigenvalue weighted by Crippen LogP contribution is 2.58. The normalized spacial score (nSPS) is 49.1. The fraction of sp³-hybridized carbons (Fsp3) is 1.00. The minimum Gasteiger partial charge on any atom is -0.374 e. The first-order valence-electron chi connectivity index (χ1n) is 22.2. The molecule has 13 atom stereocenters. The van der Waals surface area contributed by atoms with Gasteiger partial charge in [-0.15, -0.1) is 0 Å². The molecule has 0 amide bonds. The maximum Gasteiger partial charge on any atom is 0.0628 e. The van der Waals surface area contributed by atoms with Crippen molar-refractivity contribution in [2.24, 2.45) is 65.1 Å². The van der Waals surface area contributed by atoms with Gasteiger partial charge in [-0.25, -0.2) is 0 Å². The summed E-state index contributed by atoms with van der Waals surface area (Å²) in [5.41, 5.74) is 0. The van der Waals surface area contributed by atoms with Gasteiger partial charge in [-0.1, -0.05) is 109 Å². The summed E-state index contributed by atoms with van der Waals surface area (Å²) in [6.45, 7) is 0. The van der Waals surface area contributed by atoms with Crippen LogP contribution in [0.3, 0.4) is 0 Å². The molecule has 3 N–H and O–H groups in total. The van der Waals surface area contributed by atoms with Crippen LogP contribution in [0.15, 0.2) is 0 Å². The molecular formula is C43H73N3O. The molecule has 0 spiro atoms. The lowest BCUT2D eigenvalue weighted by Crippen LogP contribution is -2.73. The fourth-order valence-electron chi connectivity index (χ4n) is 14.8. The molecule has 266 valence electrons. The molecule has 13 unspecified atom stereocenters. The maximum absolute atomic E-state index is 7.36. The standard InChI is InChI=1S/C43H73N3O/c1-4-13-28(14-5-1)31-19-12-20-33(25-31)42-44-41(30-17-8-3-9-18-30)45-43(46-42)37-27-39-40(35-22-11-10-21-34(35)37)36-24-23-32(26-38(36)47-39)29-15-6-2-7-16-29/h28-46H,1-27H2. The minimum atomic E-state index is 0.469. The van der Waals surface area contributed by atoms with Crippen LogP contribution in [0.25, 0.3) is 0 Å². The number of rotatable bonds is 5. The van der Waals surface area contributed by atoms with Gasteiger partial charge in [0.25, 0.3) is 0 Å². The first-order valence-corrected chi connectivity index (χ1v) is 22.2. The molecule has 2 heterocycles. The number of fused-ring (bicyclic) bond motifs is 5. The minimum absolute atomic E-state index is 0.469. The van der Waals surface area contributed by atoms with Crippen molar-refractivity contribution in [1.29, 1.82) is 0 Å². The SMILES string of the molecule is C1CCC(C2CCCC(C3NC(C4CCCCC4)NC(C4CC5OC6CC(C7CCCCC7)CCC6C5C5CCCCC45)N3)C2)CC1. The first kappa shape index (κ1) is 32.7. The Labute approximate surface area is 289 Å². The van der Waals surface area contributed by atoms with E-state index in [1.807, 2.05) is 0 Å². The maximum atomic E-state index is 7.36. The quantitative estimate of drug-likeness (QED) is 0.278. The Kier molecular flexibility index (Phi) is 10.3. The Bertz CT molecular complexity index is 1000. The van der Waals surface area contributed by atoms with Crippen molar-refractivity contribution < 1.29 is 4.74 Å². The zero-order valence-corrected chi connectivity index (χ0v) is 30.2. The Morgan fingerprint density at radius 2 is 0.830 bits per heavy atom. The van der Waals surface area contributed by atoms with Crippen molar-refractivity contribution in [3.8, 4) is 0 Å². The summed E-state index contributed by atoms with van der Waals surface area (Å²) in [5.74, 6) is 9.93. The average molecular weight is 648 g/mol. The molecule has 9 aliphatic rings. The van der Waals surface area contributed by atoms with Crippen molar-refractivity contribution in [1.82, 2.24) is 16.0 Å². The predicted octanol–water partition coefficient (Wildman–Crippen LogP) is 9.92. The van der Waals surface area contributed by atoms with E-state index >= 15 is 0 Å². The van der Waals surface area contributed by atoms with Gasteiger partial charge < -0.3 is 4.74 Å². The largest absolute Gasteiger partial charge is 0.374 e. The molecule has 0 radical (unpaired) electrons. The van der Waals surface area contributed by atoms with Crippen LogP contribution in [0.1, 0.15) is 173 Å². The van der Waals surface area contributed by atoms with E-state index in [2.05, 4.69) is 16.0 Å². The molecule has 4 heteroatoms. The van der Waals surface area contributed by atoms with Crippen molar-refractivity contribution in [2.75, 3.05) is 0 Å². The third-order valence-electron chi connectivity index (χ3n) is 17.1. The van der Waals surface area contributed by atoms with E-state index in [0.717, 1.165) is 65.1 Å². The summed E-state index contributed by atoms with van der Waals surface area (Å²) in [6, 6.07) is 0. The topological polar surface area (TPSA) is 45.3 Å². The van der Waals surface area contributed by atoms with E-state index in [4.69, 9.17) is 4.74 Å². The molecule has 2 aliphatic heterocycles. The van der Waals surface area contributed by atoms with E-state index in [0.29, 0.717) is 30.7 Å². The predicted molar refractivity (Wildman–Crippen MR) is 192 cm³/mol. The highest BCUT2D eigenvalue weighted by molar-refractivity contribution is 5.07. The third-order valence-corrected chi connectivity index (χ3v) is 17.1. The van der Waals surface area contributed by atoms with Crippen LogP contribution >= 0.6 is 0 Å². The lowest BCUT2D eigenvalue weighted by molar-refractivity contribution is -0.0733. The number of ether oxygens (including phenoxy) is 1. The van der Waals surface area contributed by atoms with Gasteiger partial charge in [-0.2, -0.15) is 0 Å². The van der Waals surface area contributed by atoms with Gasteiger partial charge in [0.05, 0.1) is 30.7 Å². The van der Waals surface area contributed by atoms with E-state index in [1.54, 1.807) is 0 Å². The molecule has 4 nitrogen and oxygen atoms in total. The van der Waals surface area contributed by atoms with E-state index in [1.165, 1.54) is 173 Å². The van der Waals surface area contributed by atoms with Gasteiger partial charge in [0.1, 0.15) is 0 Å². The van der Waals surface area contributed by atoms with E-state index < -0.39 is 0 Å². The smallest absolute Gasteiger partial charge is 0.0628 e. The molecule has 0 bridgehead atoms. The number of hydrogen-bond acceptors (Lipinski definition) is 4. The Balaban J connectivity index is 0.935. The Hall–Kier alpha value is -0.160. The summed E-state index contributed by atoms with van der Waals surface area (Å²) in [4.78, 5) is 0. The van der Waals surface area contributed by atoms with Crippen molar-refractivity contribution in [3.63, 3.8) is 0 Å². The van der Waals surface area contributed by atoms with Gasteiger partial charge in [0.15, 0.2) is 0 Å². The van der Waals surface area contributed by atoms with Crippen LogP contribution in [-0.2, 0) is 4.74 Å². The summed E-state index contributed by atoms with van der Waals surface area (Å²) in [5, 5.41) is 13.1. The molecule has 9 rings (SSSR count). The highest BCUT2D eigenvalue weighted by atomic mass is 16.5. The lowest BCUT2D eigenvalue weighted by atomic mass is 9.55. The Morgan fingerprint density at radius 3 is 1.53 bits per heavy atom. The highest BCUT2D eigenvalue weighted by Gasteiger charge is 2.58. The monoisotopic (exact) mass is 648 g/mol. The van der Waals surface area contributed by atoms with Crippen LogP contribution in [0.4, 0.5) is 0 Å². The molecule has 0 aromatic carbocycles. The molecule has 7 saturated carbocycles. The van der Waals surface area contributed by atoms with Gasteiger partial charge in [-0.05, 0) is 129 Å². The third kappa shape index (κ3) is 6.80. The van der Waals surface area contributed by atoms with E-state index in [9.17, 15) is 0 Å². The Morgan fingerprint density at radius 1 is 0.298 bits per heavy atom. The molecule has 2 saturated heterocycles. The van der Waals surface area contributed by atoms with Crippen molar-refractivity contribution >= 4 is 0 Å². The summed E-state index contributed by atoms with van der Waals surface area (Å²) >= 11 is 0. The average Bonchev–Trinajstić information content (AvgIpc) is 3.53. The summed E-state index contributed by atoms with van der Waals surface area (Å²) in [7, 11) is 0. The van der Waals surface area contributed by atoms with Gasteiger partial charge >= 0.3 is 0 Å². The zero-order valence-electron chi connectivity index (χ0n) is 30.2. The second-order valence-corrected chi connectivity index (χ2v) is 19.4. The molecule has 0 aromatic rings. The van der Waals surface area contributed by atoms with E-state index in [-0.39, 0.29) is 0 Å². The van der Waals surface area contributed by atoms with Gasteiger partial charge in [0.2, 0.25) is 0 Å². The molecule has 7 aliphatic carbocycles. The second kappa shape index (κ2) is 14.8. The van der Waals surface area contributed by atoms with Crippen LogP contribution in [0, 0.1) is 65.1 Å². The fourth-order valence-corrected chi connectivity index (χ4v) is 14.8. The zero-order chi connectivity index (χ0) is 31.2. The lowest BCUT2D eigenvalue weighted by Gasteiger charge is -2.55.